The fraction of sp³-hybridized carbons (Fsp3) is 0.353. The number of nitrogens with zero attached hydrogens (tertiary/aromatic N) is 5. The molecule has 0 bridgehead atoms. The number of carboxylic acid groups (broad SMARTS) is 1. The molecule has 0 aliphatic carbocycles. The molecule has 0 fully saturated rings. The van der Waals surface area contributed by atoms with E-state index < -0.39 is 11.2 Å². The van der Waals surface area contributed by atoms with Crippen LogP contribution in [0.4, 0.5) is 0 Å². The molecular weight excluding hydrogens is 374 g/mol. The molecular formula is C17H18ClN5O2S. The van der Waals surface area contributed by atoms with E-state index in [1.54, 1.807) is 4.68 Å². The van der Waals surface area contributed by atoms with Crippen molar-refractivity contribution in [2.45, 2.75) is 43.0 Å². The molecule has 0 saturated heterocycles. The lowest BCUT2D eigenvalue weighted by atomic mass is 10.2. The summed E-state index contributed by atoms with van der Waals surface area (Å²) in [5.41, 5.74) is 2.12. The van der Waals surface area contributed by atoms with E-state index in [0.717, 1.165) is 18.4 Å². The summed E-state index contributed by atoms with van der Waals surface area (Å²) in [6.45, 7) is 2.53. The van der Waals surface area contributed by atoms with Gasteiger partial charge < -0.3 is 5.11 Å². The van der Waals surface area contributed by atoms with Gasteiger partial charge in [0.25, 0.3) is 0 Å². The molecule has 3 rings (SSSR count). The van der Waals surface area contributed by atoms with Gasteiger partial charge in [-0.3, -0.25) is 4.79 Å². The van der Waals surface area contributed by atoms with Crippen LogP contribution in [0, 0.1) is 0 Å². The van der Waals surface area contributed by atoms with Crippen molar-refractivity contribution in [1.82, 2.24) is 25.0 Å². The van der Waals surface area contributed by atoms with Crippen LogP contribution < -0.4 is 0 Å². The van der Waals surface area contributed by atoms with Gasteiger partial charge in [0.15, 0.2) is 11.2 Å². The molecule has 9 heteroatoms. The van der Waals surface area contributed by atoms with Gasteiger partial charge in [-0.25, -0.2) is 14.6 Å². The van der Waals surface area contributed by atoms with Crippen LogP contribution in [-0.4, -0.2) is 41.3 Å². The van der Waals surface area contributed by atoms with E-state index >= 15 is 0 Å². The summed E-state index contributed by atoms with van der Waals surface area (Å²) < 4.78 is 1.67. The Morgan fingerprint density at radius 2 is 2.08 bits per heavy atom. The highest BCUT2D eigenvalue weighted by molar-refractivity contribution is 8.00. The van der Waals surface area contributed by atoms with E-state index in [0.29, 0.717) is 34.2 Å². The molecule has 0 saturated carbocycles. The normalized spacial score (nSPS) is 12.4. The fourth-order valence-corrected chi connectivity index (χ4v) is 3.62. The van der Waals surface area contributed by atoms with Crippen molar-refractivity contribution < 1.29 is 9.90 Å². The summed E-state index contributed by atoms with van der Waals surface area (Å²) in [6, 6.07) is 7.46. The predicted molar refractivity (Wildman–Crippen MR) is 100 cm³/mol. The van der Waals surface area contributed by atoms with E-state index in [9.17, 15) is 9.90 Å². The zero-order valence-corrected chi connectivity index (χ0v) is 15.7. The highest BCUT2D eigenvalue weighted by atomic mass is 35.5. The molecule has 2 heterocycles. The van der Waals surface area contributed by atoms with Crippen LogP contribution in [0.25, 0.3) is 11.2 Å². The van der Waals surface area contributed by atoms with E-state index in [4.69, 9.17) is 11.6 Å². The molecule has 1 atom stereocenters. The molecule has 7 nitrogen and oxygen atoms in total. The van der Waals surface area contributed by atoms with E-state index in [1.165, 1.54) is 18.1 Å². The highest BCUT2D eigenvalue weighted by Gasteiger charge is 2.22. The second kappa shape index (κ2) is 8.46. The Labute approximate surface area is 159 Å². The lowest BCUT2D eigenvalue weighted by Gasteiger charge is -2.10. The third-order valence-electron chi connectivity index (χ3n) is 3.86. The van der Waals surface area contributed by atoms with E-state index in [1.807, 2.05) is 31.2 Å². The summed E-state index contributed by atoms with van der Waals surface area (Å²) in [4.78, 5) is 20.0. The Hall–Kier alpha value is -2.19. The predicted octanol–water partition coefficient (Wildman–Crippen LogP) is 3.66. The van der Waals surface area contributed by atoms with Gasteiger partial charge in [-0.2, -0.15) is 0 Å². The molecule has 1 unspecified atom stereocenters. The molecule has 0 aliphatic heterocycles. The van der Waals surface area contributed by atoms with Gasteiger partial charge in [-0.1, -0.05) is 60.5 Å². The highest BCUT2D eigenvalue weighted by Crippen LogP contribution is 2.29. The molecule has 0 amide bonds. The molecule has 0 aliphatic rings. The van der Waals surface area contributed by atoms with Crippen LogP contribution in [-0.2, 0) is 11.3 Å². The number of aromatic nitrogens is 5. The maximum atomic E-state index is 11.5. The van der Waals surface area contributed by atoms with Gasteiger partial charge >= 0.3 is 5.97 Å². The SMILES string of the molecule is CCCCC(Sc1ncnc2c1nnn2Cc1ccc(Cl)cc1)C(=O)O. The number of halogens is 1. The molecule has 26 heavy (non-hydrogen) atoms. The largest absolute Gasteiger partial charge is 0.480 e. The Bertz CT molecular complexity index is 900. The average molecular weight is 392 g/mol. The number of thioether (sulfide) groups is 1. The Kier molecular flexibility index (Phi) is 6.05. The summed E-state index contributed by atoms with van der Waals surface area (Å²) in [6.07, 6.45) is 3.80. The number of hydrogen-bond donors (Lipinski definition) is 1. The monoisotopic (exact) mass is 391 g/mol. The molecule has 1 aromatic carbocycles. The minimum atomic E-state index is -0.844. The molecule has 1 N–H and O–H groups in total. The lowest BCUT2D eigenvalue weighted by molar-refractivity contribution is -0.136. The van der Waals surface area contributed by atoms with Crippen molar-refractivity contribution >= 4 is 40.5 Å². The summed E-state index contributed by atoms with van der Waals surface area (Å²) in [5, 5.41) is 18.4. The van der Waals surface area contributed by atoms with Crippen molar-refractivity contribution in [2.75, 3.05) is 0 Å². The summed E-state index contributed by atoms with van der Waals surface area (Å²) >= 11 is 7.12. The van der Waals surface area contributed by atoms with Crippen LogP contribution in [0.15, 0.2) is 35.6 Å². The first kappa shape index (κ1) is 18.6. The van der Waals surface area contributed by atoms with Crippen LogP contribution >= 0.6 is 23.4 Å². The smallest absolute Gasteiger partial charge is 0.317 e. The van der Waals surface area contributed by atoms with E-state index in [-0.39, 0.29) is 0 Å². The van der Waals surface area contributed by atoms with Crippen molar-refractivity contribution in [3.8, 4) is 0 Å². The molecule has 0 radical (unpaired) electrons. The van der Waals surface area contributed by atoms with Gasteiger partial charge in [0.05, 0.1) is 6.54 Å². The molecule has 0 spiro atoms. The van der Waals surface area contributed by atoms with Crippen LogP contribution in [0.5, 0.6) is 0 Å². The van der Waals surface area contributed by atoms with Crippen molar-refractivity contribution in [1.29, 1.82) is 0 Å². The first-order chi connectivity index (χ1) is 12.6. The van der Waals surface area contributed by atoms with Gasteiger partial charge in [-0.05, 0) is 24.1 Å². The first-order valence-corrected chi connectivity index (χ1v) is 9.52. The third kappa shape index (κ3) is 4.31. The Morgan fingerprint density at radius 1 is 1.31 bits per heavy atom. The van der Waals surface area contributed by atoms with Crippen LogP contribution in [0.3, 0.4) is 0 Å². The number of carbonyl (C=O) groups is 1. The third-order valence-corrected chi connectivity index (χ3v) is 5.36. The quantitative estimate of drug-likeness (QED) is 0.462. The summed E-state index contributed by atoms with van der Waals surface area (Å²) in [5.74, 6) is -0.844. The Balaban J connectivity index is 1.85. The second-order valence-electron chi connectivity index (χ2n) is 5.81. The van der Waals surface area contributed by atoms with Gasteiger partial charge in [0, 0.05) is 5.02 Å². The first-order valence-electron chi connectivity index (χ1n) is 8.26. The zero-order chi connectivity index (χ0) is 18.5. The average Bonchev–Trinajstić information content (AvgIpc) is 3.04. The van der Waals surface area contributed by atoms with Crippen LogP contribution in [0.2, 0.25) is 5.02 Å². The number of hydrogen-bond acceptors (Lipinski definition) is 6. The zero-order valence-electron chi connectivity index (χ0n) is 14.2. The fourth-order valence-electron chi connectivity index (χ4n) is 2.48. The molecule has 136 valence electrons. The van der Waals surface area contributed by atoms with Crippen molar-refractivity contribution in [3.05, 3.63) is 41.2 Å². The maximum absolute atomic E-state index is 11.5. The lowest BCUT2D eigenvalue weighted by Crippen LogP contribution is -2.16. The Morgan fingerprint density at radius 3 is 2.77 bits per heavy atom. The van der Waals surface area contributed by atoms with Crippen molar-refractivity contribution in [2.24, 2.45) is 0 Å². The number of unbranched alkanes of at least 4 members (excludes halogenated alkanes) is 1. The molecule has 3 aromatic rings. The number of carboxylic acids is 1. The second-order valence-corrected chi connectivity index (χ2v) is 7.44. The number of aliphatic carboxylic acids is 1. The minimum Gasteiger partial charge on any atom is -0.480 e. The standard InChI is InChI=1S/C17H18ClN5O2S/c1-2-3-4-13(17(24)25)26-16-14-15(19-10-20-16)23(22-21-14)9-11-5-7-12(18)8-6-11/h5-8,10,13H,2-4,9H2,1H3,(H,24,25). The number of fused-ring (bicyclic) bond motifs is 1. The van der Waals surface area contributed by atoms with Crippen molar-refractivity contribution in [3.63, 3.8) is 0 Å². The maximum Gasteiger partial charge on any atom is 0.317 e. The minimum absolute atomic E-state index is 0.493. The van der Waals surface area contributed by atoms with Gasteiger partial charge in [0.1, 0.15) is 16.6 Å². The summed E-state index contributed by atoms with van der Waals surface area (Å²) in [7, 11) is 0. The number of rotatable bonds is 8. The van der Waals surface area contributed by atoms with Gasteiger partial charge in [0.2, 0.25) is 0 Å². The molecule has 2 aromatic heterocycles. The van der Waals surface area contributed by atoms with E-state index in [2.05, 4.69) is 20.3 Å². The number of benzene rings is 1. The van der Waals surface area contributed by atoms with Gasteiger partial charge in [-0.15, -0.1) is 5.10 Å². The topological polar surface area (TPSA) is 93.8 Å². The van der Waals surface area contributed by atoms with Crippen LogP contribution in [0.1, 0.15) is 31.7 Å².